The van der Waals surface area contributed by atoms with Crippen molar-refractivity contribution in [1.82, 2.24) is 29.9 Å². The Hall–Kier alpha value is -2.68. The summed E-state index contributed by atoms with van der Waals surface area (Å²) in [5.74, 6) is 2.55. The molecule has 1 saturated heterocycles. The number of hydrogen-bond acceptors (Lipinski definition) is 7. The van der Waals surface area contributed by atoms with Crippen LogP contribution in [0.4, 0.5) is 0 Å². The van der Waals surface area contributed by atoms with Crippen LogP contribution in [0.25, 0.3) is 11.5 Å². The molecule has 1 aliphatic heterocycles. The molecule has 0 amide bonds. The Morgan fingerprint density at radius 3 is 2.44 bits per heavy atom. The zero-order valence-corrected chi connectivity index (χ0v) is 19.1. The number of hydrogen-bond donors (Lipinski definition) is 0. The molecule has 0 bridgehead atoms. The van der Waals surface area contributed by atoms with Crippen molar-refractivity contribution in [2.75, 3.05) is 13.1 Å². The summed E-state index contributed by atoms with van der Waals surface area (Å²) in [6, 6.07) is 17.8. The number of aromatic nitrogens is 5. The predicted molar refractivity (Wildman–Crippen MR) is 124 cm³/mol. The second kappa shape index (κ2) is 9.85. The molecule has 0 atom stereocenters. The average Bonchev–Trinajstić information content (AvgIpc) is 3.57. The van der Waals surface area contributed by atoms with Crippen LogP contribution in [-0.4, -0.2) is 43.0 Å². The minimum Gasteiger partial charge on any atom is -0.420 e. The van der Waals surface area contributed by atoms with E-state index in [2.05, 4.69) is 54.1 Å². The maximum atomic E-state index is 5.96. The fourth-order valence-corrected chi connectivity index (χ4v) is 4.68. The van der Waals surface area contributed by atoms with E-state index in [1.54, 1.807) is 11.8 Å². The van der Waals surface area contributed by atoms with Crippen molar-refractivity contribution in [3.63, 3.8) is 0 Å². The lowest BCUT2D eigenvalue weighted by Crippen LogP contribution is -2.21. The molecule has 7 nitrogen and oxygen atoms in total. The Labute approximate surface area is 195 Å². The molecule has 2 aromatic heterocycles. The number of likely N-dealkylation sites (tertiary alicyclic amines) is 1. The van der Waals surface area contributed by atoms with Gasteiger partial charge in [-0.2, -0.15) is 0 Å². The van der Waals surface area contributed by atoms with Crippen LogP contribution in [0.15, 0.2) is 64.2 Å². The normalized spacial score (nSPS) is 14.3. The zero-order chi connectivity index (χ0) is 21.8. The van der Waals surface area contributed by atoms with Gasteiger partial charge >= 0.3 is 0 Å². The van der Waals surface area contributed by atoms with Gasteiger partial charge in [0, 0.05) is 10.6 Å². The van der Waals surface area contributed by atoms with Crippen molar-refractivity contribution in [3.8, 4) is 11.5 Å². The lowest BCUT2D eigenvalue weighted by molar-refractivity contribution is 0.316. The maximum absolute atomic E-state index is 5.96. The number of rotatable bonds is 8. The van der Waals surface area contributed by atoms with E-state index in [0.29, 0.717) is 22.6 Å². The van der Waals surface area contributed by atoms with E-state index >= 15 is 0 Å². The highest BCUT2D eigenvalue weighted by Crippen LogP contribution is 2.26. The molecule has 4 aromatic rings. The van der Waals surface area contributed by atoms with Gasteiger partial charge in [0.15, 0.2) is 5.16 Å². The molecule has 0 radical (unpaired) electrons. The van der Waals surface area contributed by atoms with Crippen molar-refractivity contribution in [2.45, 2.75) is 36.8 Å². The van der Waals surface area contributed by atoms with Gasteiger partial charge in [0.1, 0.15) is 5.82 Å². The predicted octanol–water partition coefficient (Wildman–Crippen LogP) is 4.92. The summed E-state index contributed by atoms with van der Waals surface area (Å²) < 4.78 is 8.06. The van der Waals surface area contributed by atoms with Crippen molar-refractivity contribution in [2.24, 2.45) is 0 Å². The third-order valence-electron chi connectivity index (χ3n) is 5.42. The molecule has 0 N–H and O–H groups in total. The van der Waals surface area contributed by atoms with Crippen molar-refractivity contribution >= 4 is 23.4 Å². The summed E-state index contributed by atoms with van der Waals surface area (Å²) in [5.41, 5.74) is 2.07. The summed E-state index contributed by atoms with van der Waals surface area (Å²) in [6.07, 6.45) is 2.50. The molecule has 2 aromatic carbocycles. The van der Waals surface area contributed by atoms with Crippen LogP contribution in [0.2, 0.25) is 5.02 Å². The van der Waals surface area contributed by atoms with Gasteiger partial charge in [-0.05, 0) is 55.8 Å². The molecule has 3 heterocycles. The molecule has 0 unspecified atom stereocenters. The highest BCUT2D eigenvalue weighted by atomic mass is 35.5. The Kier molecular flexibility index (Phi) is 6.52. The van der Waals surface area contributed by atoms with Crippen LogP contribution in [0.1, 0.15) is 30.1 Å². The van der Waals surface area contributed by atoms with Gasteiger partial charge in [0.2, 0.25) is 11.8 Å². The van der Waals surface area contributed by atoms with Crippen molar-refractivity contribution in [3.05, 3.63) is 76.9 Å². The Balaban J connectivity index is 1.32. The van der Waals surface area contributed by atoms with E-state index in [9.17, 15) is 0 Å². The highest BCUT2D eigenvalue weighted by Gasteiger charge is 2.19. The number of halogens is 1. The quantitative estimate of drug-likeness (QED) is 0.341. The van der Waals surface area contributed by atoms with E-state index in [-0.39, 0.29) is 0 Å². The smallest absolute Gasteiger partial charge is 0.247 e. The number of nitrogens with zero attached hydrogens (tertiary/aromatic N) is 6. The molecular weight excluding hydrogens is 444 g/mol. The monoisotopic (exact) mass is 466 g/mol. The van der Waals surface area contributed by atoms with Gasteiger partial charge in [0.25, 0.3) is 0 Å². The van der Waals surface area contributed by atoms with Gasteiger partial charge < -0.3 is 8.98 Å². The Morgan fingerprint density at radius 2 is 1.66 bits per heavy atom. The second-order valence-electron chi connectivity index (χ2n) is 7.75. The molecule has 0 saturated carbocycles. The third-order valence-corrected chi connectivity index (χ3v) is 6.63. The topological polar surface area (TPSA) is 72.9 Å². The van der Waals surface area contributed by atoms with Crippen LogP contribution in [0.5, 0.6) is 0 Å². The lowest BCUT2D eigenvalue weighted by Gasteiger charge is -2.16. The van der Waals surface area contributed by atoms with E-state index in [1.165, 1.54) is 18.4 Å². The first-order chi connectivity index (χ1) is 15.7. The molecular formula is C23H23ClN6OS. The highest BCUT2D eigenvalue weighted by molar-refractivity contribution is 7.98. The molecule has 5 rings (SSSR count). The Morgan fingerprint density at radius 1 is 0.875 bits per heavy atom. The van der Waals surface area contributed by atoms with Crippen LogP contribution >= 0.6 is 23.4 Å². The molecule has 0 aliphatic carbocycles. The number of thioether (sulfide) groups is 1. The van der Waals surface area contributed by atoms with Crippen molar-refractivity contribution in [1.29, 1.82) is 0 Å². The summed E-state index contributed by atoms with van der Waals surface area (Å²) in [7, 11) is 0. The van der Waals surface area contributed by atoms with Gasteiger partial charge in [-0.3, -0.25) is 4.90 Å². The minimum absolute atomic E-state index is 0.484. The van der Waals surface area contributed by atoms with E-state index in [4.69, 9.17) is 16.0 Å². The fourth-order valence-electron chi connectivity index (χ4n) is 3.76. The fraction of sp³-hybridized carbons (Fsp3) is 0.304. The van der Waals surface area contributed by atoms with Crippen LogP contribution < -0.4 is 0 Å². The van der Waals surface area contributed by atoms with E-state index < -0.39 is 0 Å². The molecule has 1 aliphatic rings. The van der Waals surface area contributed by atoms with Crippen LogP contribution in [-0.2, 0) is 18.8 Å². The van der Waals surface area contributed by atoms with Gasteiger partial charge in [-0.25, -0.2) is 0 Å². The molecule has 164 valence electrons. The molecule has 1 fully saturated rings. The zero-order valence-electron chi connectivity index (χ0n) is 17.5. The van der Waals surface area contributed by atoms with Gasteiger partial charge in [0.05, 0.1) is 18.8 Å². The van der Waals surface area contributed by atoms with Crippen LogP contribution in [0.3, 0.4) is 0 Å². The van der Waals surface area contributed by atoms with Gasteiger partial charge in [-0.15, -0.1) is 20.4 Å². The second-order valence-corrected chi connectivity index (χ2v) is 9.13. The standard InChI is InChI=1S/C23H23ClN6OS/c24-19-10-8-18(9-11-19)22-27-26-21(31-22)16-32-23-28-25-20(15-29-12-4-5-13-29)30(23)14-17-6-2-1-3-7-17/h1-3,6-11H,4-5,12-16H2. The van der Waals surface area contributed by atoms with Crippen molar-refractivity contribution < 1.29 is 4.42 Å². The van der Waals surface area contributed by atoms with Crippen LogP contribution in [0, 0.1) is 0 Å². The Bertz CT molecular complexity index is 1150. The molecule has 32 heavy (non-hydrogen) atoms. The SMILES string of the molecule is Clc1ccc(-c2nnc(CSc3nnc(CN4CCCC4)n3Cc3ccccc3)o2)cc1. The maximum Gasteiger partial charge on any atom is 0.247 e. The summed E-state index contributed by atoms with van der Waals surface area (Å²) in [6.45, 7) is 3.80. The largest absolute Gasteiger partial charge is 0.420 e. The summed E-state index contributed by atoms with van der Waals surface area (Å²) >= 11 is 7.52. The number of benzene rings is 2. The average molecular weight is 467 g/mol. The summed E-state index contributed by atoms with van der Waals surface area (Å²) in [5, 5.41) is 18.9. The first-order valence-corrected chi connectivity index (χ1v) is 12.0. The minimum atomic E-state index is 0.484. The van der Waals surface area contributed by atoms with E-state index in [1.807, 2.05) is 30.3 Å². The lowest BCUT2D eigenvalue weighted by atomic mass is 10.2. The summed E-state index contributed by atoms with van der Waals surface area (Å²) in [4.78, 5) is 2.44. The first-order valence-electron chi connectivity index (χ1n) is 10.6. The van der Waals surface area contributed by atoms with E-state index in [0.717, 1.165) is 42.7 Å². The molecule has 0 spiro atoms. The first kappa shape index (κ1) is 21.2. The molecule has 9 heteroatoms. The van der Waals surface area contributed by atoms with Gasteiger partial charge in [-0.1, -0.05) is 53.7 Å². The third kappa shape index (κ3) is 5.03.